The highest BCUT2D eigenvalue weighted by Gasteiger charge is 2.32. The Labute approximate surface area is 108 Å². The molecule has 0 saturated carbocycles. The van der Waals surface area contributed by atoms with Crippen molar-refractivity contribution in [1.82, 2.24) is 4.90 Å². The number of amides is 1. The summed E-state index contributed by atoms with van der Waals surface area (Å²) in [4.78, 5) is 13.7. The number of benzene rings is 1. The third-order valence-corrected chi connectivity index (χ3v) is 3.35. The maximum absolute atomic E-state index is 12.0. The Morgan fingerprint density at radius 2 is 2.22 bits per heavy atom. The SMILES string of the molecule is C[C@H](N)[C@@H]1CCCN1C(=O)OCc1ccccc1. The molecule has 4 heteroatoms. The lowest BCUT2D eigenvalue weighted by molar-refractivity contribution is 0.0890. The molecule has 1 aliphatic rings. The number of likely N-dealkylation sites (tertiary alicyclic amines) is 1. The number of rotatable bonds is 3. The first-order valence-electron chi connectivity index (χ1n) is 6.41. The number of carbonyl (C=O) groups is 1. The van der Waals surface area contributed by atoms with Gasteiger partial charge in [-0.05, 0) is 25.3 Å². The van der Waals surface area contributed by atoms with Crippen molar-refractivity contribution in [3.63, 3.8) is 0 Å². The summed E-state index contributed by atoms with van der Waals surface area (Å²) in [6.45, 7) is 3.01. The van der Waals surface area contributed by atoms with Crippen molar-refractivity contribution in [2.75, 3.05) is 6.54 Å². The summed E-state index contributed by atoms with van der Waals surface area (Å²) in [7, 11) is 0. The first kappa shape index (κ1) is 12.9. The van der Waals surface area contributed by atoms with E-state index < -0.39 is 0 Å². The molecule has 18 heavy (non-hydrogen) atoms. The standard InChI is InChI=1S/C14H20N2O2/c1-11(15)13-8-5-9-16(13)14(17)18-10-12-6-3-2-4-7-12/h2-4,6-7,11,13H,5,8-10,15H2,1H3/t11-,13-/m0/s1. The Hall–Kier alpha value is -1.55. The average Bonchev–Trinajstić information content (AvgIpc) is 2.86. The van der Waals surface area contributed by atoms with Crippen LogP contribution in [0.5, 0.6) is 0 Å². The van der Waals surface area contributed by atoms with E-state index >= 15 is 0 Å². The molecule has 1 aromatic rings. The van der Waals surface area contributed by atoms with Gasteiger partial charge < -0.3 is 15.4 Å². The van der Waals surface area contributed by atoms with E-state index in [0.717, 1.165) is 24.9 Å². The van der Waals surface area contributed by atoms with Gasteiger partial charge >= 0.3 is 6.09 Å². The van der Waals surface area contributed by atoms with Crippen molar-refractivity contribution in [3.8, 4) is 0 Å². The third-order valence-electron chi connectivity index (χ3n) is 3.35. The largest absolute Gasteiger partial charge is 0.445 e. The molecule has 0 spiro atoms. The molecule has 1 heterocycles. The second-order valence-corrected chi connectivity index (χ2v) is 4.80. The lowest BCUT2D eigenvalue weighted by Crippen LogP contribution is -2.45. The van der Waals surface area contributed by atoms with Gasteiger partial charge in [-0.3, -0.25) is 0 Å². The van der Waals surface area contributed by atoms with Crippen LogP contribution >= 0.6 is 0 Å². The van der Waals surface area contributed by atoms with Crippen LogP contribution in [0.25, 0.3) is 0 Å². The van der Waals surface area contributed by atoms with Crippen LogP contribution in [0.4, 0.5) is 4.79 Å². The fourth-order valence-corrected chi connectivity index (χ4v) is 2.37. The first-order valence-corrected chi connectivity index (χ1v) is 6.41. The quantitative estimate of drug-likeness (QED) is 0.891. The van der Waals surface area contributed by atoms with Gasteiger partial charge in [-0.25, -0.2) is 4.79 Å². The van der Waals surface area contributed by atoms with E-state index in [9.17, 15) is 4.79 Å². The zero-order valence-electron chi connectivity index (χ0n) is 10.7. The molecule has 0 aromatic heterocycles. The van der Waals surface area contributed by atoms with Gasteiger partial charge in [0.05, 0.1) is 0 Å². The predicted molar refractivity (Wildman–Crippen MR) is 70.0 cm³/mol. The average molecular weight is 248 g/mol. The van der Waals surface area contributed by atoms with Crippen molar-refractivity contribution in [2.45, 2.75) is 38.5 Å². The van der Waals surface area contributed by atoms with E-state index in [1.54, 1.807) is 4.90 Å². The number of hydrogen-bond donors (Lipinski definition) is 1. The Morgan fingerprint density at radius 1 is 1.50 bits per heavy atom. The number of nitrogens with two attached hydrogens (primary N) is 1. The molecule has 2 N–H and O–H groups in total. The van der Waals surface area contributed by atoms with Gasteiger partial charge in [-0.1, -0.05) is 30.3 Å². The maximum Gasteiger partial charge on any atom is 0.410 e. The van der Waals surface area contributed by atoms with Crippen LogP contribution in [-0.2, 0) is 11.3 Å². The molecule has 0 unspecified atom stereocenters. The second kappa shape index (κ2) is 5.87. The summed E-state index contributed by atoms with van der Waals surface area (Å²) < 4.78 is 5.32. The molecule has 1 fully saturated rings. The first-order chi connectivity index (χ1) is 8.68. The topological polar surface area (TPSA) is 55.6 Å². The van der Waals surface area contributed by atoms with Crippen LogP contribution in [0.15, 0.2) is 30.3 Å². The minimum Gasteiger partial charge on any atom is -0.445 e. The van der Waals surface area contributed by atoms with Gasteiger partial charge in [-0.15, -0.1) is 0 Å². The van der Waals surface area contributed by atoms with Crippen molar-refractivity contribution >= 4 is 6.09 Å². The van der Waals surface area contributed by atoms with E-state index in [1.165, 1.54) is 0 Å². The van der Waals surface area contributed by atoms with Crippen LogP contribution in [0.1, 0.15) is 25.3 Å². The highest BCUT2D eigenvalue weighted by molar-refractivity contribution is 5.68. The molecule has 98 valence electrons. The zero-order valence-corrected chi connectivity index (χ0v) is 10.7. The molecule has 1 saturated heterocycles. The highest BCUT2D eigenvalue weighted by atomic mass is 16.6. The molecular formula is C14H20N2O2. The van der Waals surface area contributed by atoms with Gasteiger partial charge in [0.1, 0.15) is 6.61 Å². The molecule has 1 amide bonds. The minimum atomic E-state index is -0.251. The van der Waals surface area contributed by atoms with Crippen LogP contribution in [-0.4, -0.2) is 29.6 Å². The molecule has 0 radical (unpaired) electrons. The predicted octanol–water partition coefficient (Wildman–Crippen LogP) is 2.13. The number of carbonyl (C=O) groups excluding carboxylic acids is 1. The molecular weight excluding hydrogens is 228 g/mol. The van der Waals surface area contributed by atoms with Gasteiger partial charge in [-0.2, -0.15) is 0 Å². The summed E-state index contributed by atoms with van der Waals surface area (Å²) in [5.41, 5.74) is 6.89. The Kier molecular flexibility index (Phi) is 4.20. The van der Waals surface area contributed by atoms with E-state index in [1.807, 2.05) is 37.3 Å². The van der Waals surface area contributed by atoms with Gasteiger partial charge in [0.25, 0.3) is 0 Å². The summed E-state index contributed by atoms with van der Waals surface area (Å²) >= 11 is 0. The van der Waals surface area contributed by atoms with Gasteiger partial charge in [0.2, 0.25) is 0 Å². The van der Waals surface area contributed by atoms with Gasteiger partial charge in [0.15, 0.2) is 0 Å². The van der Waals surface area contributed by atoms with E-state index in [2.05, 4.69) is 0 Å². The van der Waals surface area contributed by atoms with E-state index in [4.69, 9.17) is 10.5 Å². The zero-order chi connectivity index (χ0) is 13.0. The maximum atomic E-state index is 12.0. The van der Waals surface area contributed by atoms with Crippen molar-refractivity contribution < 1.29 is 9.53 Å². The van der Waals surface area contributed by atoms with Crippen LogP contribution < -0.4 is 5.73 Å². The molecule has 0 aliphatic carbocycles. The lowest BCUT2D eigenvalue weighted by Gasteiger charge is -2.26. The Morgan fingerprint density at radius 3 is 2.89 bits per heavy atom. The monoisotopic (exact) mass is 248 g/mol. The summed E-state index contributed by atoms with van der Waals surface area (Å²) in [5, 5.41) is 0. The smallest absolute Gasteiger partial charge is 0.410 e. The van der Waals surface area contributed by atoms with Crippen LogP contribution in [0.2, 0.25) is 0 Å². The highest BCUT2D eigenvalue weighted by Crippen LogP contribution is 2.20. The molecule has 2 rings (SSSR count). The molecule has 0 bridgehead atoms. The Bertz CT molecular complexity index is 392. The molecule has 1 aromatic carbocycles. The molecule has 1 aliphatic heterocycles. The lowest BCUT2D eigenvalue weighted by atomic mass is 10.1. The number of hydrogen-bond acceptors (Lipinski definition) is 3. The molecule has 2 atom stereocenters. The van der Waals surface area contributed by atoms with Crippen molar-refractivity contribution in [1.29, 1.82) is 0 Å². The summed E-state index contributed by atoms with van der Waals surface area (Å²) in [6.07, 6.45) is 1.73. The minimum absolute atomic E-state index is 0.00299. The third kappa shape index (κ3) is 3.01. The summed E-state index contributed by atoms with van der Waals surface area (Å²) in [5.74, 6) is 0. The van der Waals surface area contributed by atoms with Crippen LogP contribution in [0, 0.1) is 0 Å². The number of ether oxygens (including phenoxy) is 1. The molecule has 4 nitrogen and oxygen atoms in total. The van der Waals surface area contributed by atoms with Gasteiger partial charge in [0, 0.05) is 18.6 Å². The normalized spacial score (nSPS) is 20.8. The fraction of sp³-hybridized carbons (Fsp3) is 0.500. The van der Waals surface area contributed by atoms with Crippen molar-refractivity contribution in [3.05, 3.63) is 35.9 Å². The van der Waals surface area contributed by atoms with Crippen molar-refractivity contribution in [2.24, 2.45) is 5.73 Å². The number of nitrogens with zero attached hydrogens (tertiary/aromatic N) is 1. The Balaban J connectivity index is 1.88. The summed E-state index contributed by atoms with van der Waals surface area (Å²) in [6, 6.07) is 9.82. The van der Waals surface area contributed by atoms with Crippen LogP contribution in [0.3, 0.4) is 0 Å². The van der Waals surface area contributed by atoms with E-state index in [0.29, 0.717) is 6.61 Å². The fourth-order valence-electron chi connectivity index (χ4n) is 2.37. The van der Waals surface area contributed by atoms with E-state index in [-0.39, 0.29) is 18.2 Å². The second-order valence-electron chi connectivity index (χ2n) is 4.80.